The molecule has 0 saturated heterocycles. The van der Waals surface area contributed by atoms with Crippen molar-refractivity contribution in [1.29, 1.82) is 0 Å². The van der Waals surface area contributed by atoms with Crippen LogP contribution in [-0.4, -0.2) is 0 Å². The summed E-state index contributed by atoms with van der Waals surface area (Å²) in [6.45, 7) is 4.55. The van der Waals surface area contributed by atoms with Gasteiger partial charge in [0.25, 0.3) is 0 Å². The van der Waals surface area contributed by atoms with E-state index in [0.29, 0.717) is 0 Å². The lowest BCUT2D eigenvalue weighted by Crippen LogP contribution is -2.20. The van der Waals surface area contributed by atoms with Gasteiger partial charge < -0.3 is 0 Å². The zero-order valence-electron chi connectivity index (χ0n) is 19.0. The van der Waals surface area contributed by atoms with Gasteiger partial charge in [-0.25, -0.2) is 0 Å². The van der Waals surface area contributed by atoms with E-state index >= 15 is 0 Å². The molecule has 0 bridgehead atoms. The van der Waals surface area contributed by atoms with Gasteiger partial charge in [-0.15, -0.1) is 0 Å². The van der Waals surface area contributed by atoms with E-state index in [1.54, 1.807) is 0 Å². The Labute approximate surface area is 186 Å². The molecule has 0 atom stereocenters. The topological polar surface area (TPSA) is 0 Å². The number of unbranched alkanes of at least 4 members (excludes halogenated alkanes) is 8. The second kappa shape index (κ2) is 15.9. The Kier molecular flexibility index (Phi) is 12.9. The average molecular weight is 419 g/mol. The molecule has 0 amide bonds. The molecule has 3 aromatic rings. The van der Waals surface area contributed by atoms with E-state index in [4.69, 9.17) is 0 Å². The Balaban J connectivity index is 0.000000252. The molecule has 160 valence electrons. The summed E-state index contributed by atoms with van der Waals surface area (Å²) < 4.78 is 0. The van der Waals surface area contributed by atoms with Crippen LogP contribution in [0, 0.1) is 0 Å². The van der Waals surface area contributed by atoms with Gasteiger partial charge in [-0.2, -0.15) is 0 Å². The predicted octanol–water partition coefficient (Wildman–Crippen LogP) is 7.98. The molecule has 0 nitrogen and oxygen atoms in total. The van der Waals surface area contributed by atoms with E-state index in [1.165, 1.54) is 73.7 Å². The van der Waals surface area contributed by atoms with E-state index < -0.39 is 7.92 Å². The minimum absolute atomic E-state index is 0.446. The summed E-state index contributed by atoms with van der Waals surface area (Å²) in [6, 6.07) is 32.3. The molecule has 0 aromatic heterocycles. The van der Waals surface area contributed by atoms with Crippen molar-refractivity contribution in [2.45, 2.75) is 71.6 Å². The summed E-state index contributed by atoms with van der Waals surface area (Å²) >= 11 is 0. The Bertz CT molecular complexity index is 650. The van der Waals surface area contributed by atoms with Gasteiger partial charge in [0, 0.05) is 0 Å². The molecule has 0 saturated carbocycles. The summed E-state index contributed by atoms with van der Waals surface area (Å²) in [7, 11) is -0.446. The third-order valence-electron chi connectivity index (χ3n) is 5.25. The predicted molar refractivity (Wildman–Crippen MR) is 138 cm³/mol. The van der Waals surface area contributed by atoms with Crippen molar-refractivity contribution in [1.82, 2.24) is 0 Å². The van der Waals surface area contributed by atoms with Crippen molar-refractivity contribution >= 4 is 23.8 Å². The molecule has 0 N–H and O–H groups in total. The highest BCUT2D eigenvalue weighted by Gasteiger charge is 2.14. The maximum absolute atomic E-state index is 2.27. The third-order valence-corrected chi connectivity index (χ3v) is 7.69. The van der Waals surface area contributed by atoms with E-state index in [9.17, 15) is 0 Å². The Hall–Kier alpha value is -1.91. The van der Waals surface area contributed by atoms with Gasteiger partial charge in [0.2, 0.25) is 0 Å². The highest BCUT2D eigenvalue weighted by Crippen LogP contribution is 2.32. The van der Waals surface area contributed by atoms with Crippen LogP contribution in [0.4, 0.5) is 0 Å². The first-order valence-corrected chi connectivity index (χ1v) is 13.2. The van der Waals surface area contributed by atoms with E-state index in [0.717, 1.165) is 0 Å². The van der Waals surface area contributed by atoms with Crippen LogP contribution in [0.3, 0.4) is 0 Å². The molecule has 1 heteroatoms. The molecular weight excluding hydrogens is 379 g/mol. The highest BCUT2D eigenvalue weighted by atomic mass is 31.1. The van der Waals surface area contributed by atoms with Crippen molar-refractivity contribution in [3.8, 4) is 0 Å². The first-order chi connectivity index (χ1) is 14.9. The molecule has 0 aliphatic heterocycles. The third kappa shape index (κ3) is 9.27. The summed E-state index contributed by atoms with van der Waals surface area (Å²) in [6.07, 6.45) is 13.0. The molecule has 3 aromatic carbocycles. The van der Waals surface area contributed by atoms with Crippen LogP contribution >= 0.6 is 7.92 Å². The second-order valence-electron chi connectivity index (χ2n) is 7.82. The van der Waals surface area contributed by atoms with Crippen molar-refractivity contribution < 1.29 is 0 Å². The van der Waals surface area contributed by atoms with Crippen LogP contribution in [0.2, 0.25) is 0 Å². The highest BCUT2D eigenvalue weighted by molar-refractivity contribution is 7.79. The molecule has 0 spiro atoms. The minimum Gasteiger partial charge on any atom is -0.0654 e. The van der Waals surface area contributed by atoms with Crippen molar-refractivity contribution in [2.24, 2.45) is 0 Å². The van der Waals surface area contributed by atoms with Crippen LogP contribution in [0.15, 0.2) is 91.0 Å². The number of hydrogen-bond acceptors (Lipinski definition) is 0. The van der Waals surface area contributed by atoms with E-state index in [1.807, 2.05) is 0 Å². The smallest absolute Gasteiger partial charge is 0.0134 e. The van der Waals surface area contributed by atoms with Gasteiger partial charge in [0.1, 0.15) is 0 Å². The van der Waals surface area contributed by atoms with Gasteiger partial charge in [-0.1, -0.05) is 163 Å². The summed E-state index contributed by atoms with van der Waals surface area (Å²) in [4.78, 5) is 0. The first-order valence-electron chi connectivity index (χ1n) is 11.8. The molecule has 0 heterocycles. The maximum atomic E-state index is 2.27. The van der Waals surface area contributed by atoms with Gasteiger partial charge in [-0.05, 0) is 23.8 Å². The van der Waals surface area contributed by atoms with Crippen LogP contribution in [0.25, 0.3) is 0 Å². The van der Waals surface area contributed by atoms with E-state index in [2.05, 4.69) is 105 Å². The molecular formula is C29H39P. The molecule has 0 radical (unpaired) electrons. The molecule has 0 aliphatic carbocycles. The monoisotopic (exact) mass is 418 g/mol. The lowest BCUT2D eigenvalue weighted by atomic mass is 10.1. The normalized spacial score (nSPS) is 10.5. The van der Waals surface area contributed by atoms with Gasteiger partial charge in [0.15, 0.2) is 0 Å². The van der Waals surface area contributed by atoms with E-state index in [-0.39, 0.29) is 0 Å². The average Bonchev–Trinajstić information content (AvgIpc) is 2.81. The number of hydrogen-bond donors (Lipinski definition) is 0. The quantitative estimate of drug-likeness (QED) is 0.219. The Morgan fingerprint density at radius 3 is 0.933 bits per heavy atom. The molecule has 0 aliphatic rings. The first kappa shape index (κ1) is 24.4. The van der Waals surface area contributed by atoms with Gasteiger partial charge >= 0.3 is 0 Å². The molecule has 3 rings (SSSR count). The van der Waals surface area contributed by atoms with Crippen LogP contribution in [0.5, 0.6) is 0 Å². The fourth-order valence-corrected chi connectivity index (χ4v) is 5.87. The second-order valence-corrected chi connectivity index (χ2v) is 10.0. The lowest BCUT2D eigenvalue weighted by molar-refractivity contribution is 0.572. The fourth-order valence-electron chi connectivity index (χ4n) is 3.56. The van der Waals surface area contributed by atoms with Crippen molar-refractivity contribution in [2.75, 3.05) is 0 Å². The Morgan fingerprint density at radius 2 is 0.667 bits per heavy atom. The molecule has 0 fully saturated rings. The summed E-state index contributed by atoms with van der Waals surface area (Å²) in [5, 5.41) is 4.19. The molecule has 30 heavy (non-hydrogen) atoms. The van der Waals surface area contributed by atoms with Crippen LogP contribution in [0.1, 0.15) is 71.6 Å². The molecule has 0 unspecified atom stereocenters. The van der Waals surface area contributed by atoms with Gasteiger partial charge in [-0.3, -0.25) is 0 Å². The van der Waals surface area contributed by atoms with Crippen LogP contribution < -0.4 is 15.9 Å². The number of rotatable bonds is 11. The number of benzene rings is 3. The zero-order valence-corrected chi connectivity index (χ0v) is 19.9. The standard InChI is InChI=1S/C18H15P.C11H24/c1-4-10-16(11-5-1)19(17-12-6-2-7-13-17)18-14-8-3-9-15-18;1-3-5-7-9-11-10-8-6-4-2/h1-15H;3-11H2,1-2H3. The maximum Gasteiger partial charge on any atom is -0.0134 e. The van der Waals surface area contributed by atoms with Gasteiger partial charge in [0.05, 0.1) is 0 Å². The zero-order chi connectivity index (χ0) is 21.3. The fraction of sp³-hybridized carbons (Fsp3) is 0.379. The van der Waals surface area contributed by atoms with Crippen molar-refractivity contribution in [3.63, 3.8) is 0 Å². The largest absolute Gasteiger partial charge is 0.0654 e. The SMILES string of the molecule is CCCCCCCCCCC.c1ccc(P(c2ccccc2)c2ccccc2)cc1. The summed E-state index contributed by atoms with van der Waals surface area (Å²) in [5.74, 6) is 0. The summed E-state index contributed by atoms with van der Waals surface area (Å²) in [5.41, 5.74) is 0. The lowest BCUT2D eigenvalue weighted by Gasteiger charge is -2.18. The van der Waals surface area contributed by atoms with Crippen LogP contribution in [-0.2, 0) is 0 Å². The minimum atomic E-state index is -0.446. The van der Waals surface area contributed by atoms with Crippen molar-refractivity contribution in [3.05, 3.63) is 91.0 Å². The Morgan fingerprint density at radius 1 is 0.400 bits per heavy atom.